The van der Waals surface area contributed by atoms with Gasteiger partial charge in [-0.05, 0) is 13.8 Å². The molecule has 0 bridgehead atoms. The van der Waals surface area contributed by atoms with E-state index in [0.29, 0.717) is 0 Å². The molecule has 0 heterocycles. The number of amides is 1. The number of nitrogens with two attached hydrogens (primary N) is 1. The number of amidine groups is 1. The molecule has 0 aliphatic carbocycles. The first kappa shape index (κ1) is 13.7. The summed E-state index contributed by atoms with van der Waals surface area (Å²) in [7, 11) is 3.14. The van der Waals surface area contributed by atoms with Gasteiger partial charge in [0.15, 0.2) is 5.84 Å². The molecule has 0 atom stereocenters. The minimum absolute atomic E-state index is 0.000993. The number of hydrogen-bond donors (Lipinski definition) is 2. The molecule has 3 N–H and O–H groups in total. The van der Waals surface area contributed by atoms with Crippen molar-refractivity contribution in [1.29, 1.82) is 0 Å². The molecule has 0 aromatic heterocycles. The first-order valence-electron chi connectivity index (χ1n) is 4.58. The third kappa shape index (κ3) is 5.21. The maximum Gasteiger partial charge on any atom is 0.225 e. The van der Waals surface area contributed by atoms with Crippen LogP contribution in [0, 0.1) is 0 Å². The molecule has 0 aromatic rings. The fourth-order valence-electron chi connectivity index (χ4n) is 0.934. The van der Waals surface area contributed by atoms with Gasteiger partial charge >= 0.3 is 0 Å². The van der Waals surface area contributed by atoms with Gasteiger partial charge in [-0.3, -0.25) is 4.79 Å². The van der Waals surface area contributed by atoms with Gasteiger partial charge in [0.25, 0.3) is 0 Å². The predicted molar refractivity (Wildman–Crippen MR) is 56.8 cm³/mol. The molecule has 6 heteroatoms. The van der Waals surface area contributed by atoms with E-state index in [1.807, 2.05) is 13.8 Å². The Balaban J connectivity index is 4.22. The molecule has 0 rings (SSSR count). The molecule has 1 amide bonds. The predicted octanol–water partition coefficient (Wildman–Crippen LogP) is 0.00630. The van der Waals surface area contributed by atoms with Gasteiger partial charge < -0.3 is 20.6 Å². The van der Waals surface area contributed by atoms with Crippen LogP contribution in [0.1, 0.15) is 20.3 Å². The van der Waals surface area contributed by atoms with Gasteiger partial charge in [0.2, 0.25) is 5.91 Å². The Hall–Kier alpha value is -1.30. The van der Waals surface area contributed by atoms with E-state index in [2.05, 4.69) is 5.16 Å². The minimum Gasteiger partial charge on any atom is -0.409 e. The molecule has 0 radical (unpaired) electrons. The second kappa shape index (κ2) is 5.55. The number of carbonyl (C=O) groups excluding carboxylic acids is 1. The molecule has 0 aliphatic heterocycles. The summed E-state index contributed by atoms with van der Waals surface area (Å²) in [5.41, 5.74) is 4.78. The SMILES string of the molecule is COC(C)(C)CC(=O)N(C)CC(N)=NO. The van der Waals surface area contributed by atoms with Crippen LogP contribution in [0.3, 0.4) is 0 Å². The normalized spacial score (nSPS) is 12.7. The Kier molecular flexibility index (Phi) is 5.07. The van der Waals surface area contributed by atoms with Crippen LogP contribution in [-0.4, -0.2) is 48.2 Å². The van der Waals surface area contributed by atoms with Crippen LogP contribution in [0.5, 0.6) is 0 Å². The summed E-state index contributed by atoms with van der Waals surface area (Å²) in [5.74, 6) is -0.116. The van der Waals surface area contributed by atoms with Crippen LogP contribution in [0.25, 0.3) is 0 Å². The van der Waals surface area contributed by atoms with Crippen LogP contribution in [0.15, 0.2) is 5.16 Å². The molecule has 0 aromatic carbocycles. The zero-order chi connectivity index (χ0) is 12.1. The van der Waals surface area contributed by atoms with Crippen LogP contribution in [-0.2, 0) is 9.53 Å². The van der Waals surface area contributed by atoms with Crippen molar-refractivity contribution in [3.8, 4) is 0 Å². The summed E-state index contributed by atoms with van der Waals surface area (Å²) in [6, 6.07) is 0. The Morgan fingerprint density at radius 3 is 2.53 bits per heavy atom. The van der Waals surface area contributed by atoms with Gasteiger partial charge in [0.05, 0.1) is 18.6 Å². The summed E-state index contributed by atoms with van der Waals surface area (Å²) in [5, 5.41) is 11.1. The van der Waals surface area contributed by atoms with Crippen LogP contribution in [0.4, 0.5) is 0 Å². The van der Waals surface area contributed by atoms with E-state index < -0.39 is 5.60 Å². The highest BCUT2D eigenvalue weighted by Gasteiger charge is 2.23. The van der Waals surface area contributed by atoms with Gasteiger partial charge in [0, 0.05) is 14.2 Å². The van der Waals surface area contributed by atoms with Crippen molar-refractivity contribution in [3.05, 3.63) is 0 Å². The van der Waals surface area contributed by atoms with Crippen molar-refractivity contribution in [2.45, 2.75) is 25.9 Å². The minimum atomic E-state index is -0.504. The Morgan fingerprint density at radius 1 is 1.60 bits per heavy atom. The number of methoxy groups -OCH3 is 1. The van der Waals surface area contributed by atoms with Crippen LogP contribution >= 0.6 is 0 Å². The lowest BCUT2D eigenvalue weighted by Crippen LogP contribution is -2.39. The summed E-state index contributed by atoms with van der Waals surface area (Å²) >= 11 is 0. The van der Waals surface area contributed by atoms with Crippen molar-refractivity contribution in [3.63, 3.8) is 0 Å². The zero-order valence-corrected chi connectivity index (χ0v) is 9.65. The molecule has 0 unspecified atom stereocenters. The number of carbonyl (C=O) groups is 1. The van der Waals surface area contributed by atoms with Gasteiger partial charge in [-0.1, -0.05) is 5.16 Å². The Labute approximate surface area is 89.7 Å². The molecular weight excluding hydrogens is 198 g/mol. The lowest BCUT2D eigenvalue weighted by molar-refractivity contribution is -0.134. The van der Waals surface area contributed by atoms with Crippen molar-refractivity contribution >= 4 is 11.7 Å². The monoisotopic (exact) mass is 217 g/mol. The smallest absolute Gasteiger partial charge is 0.225 e. The highest BCUT2D eigenvalue weighted by atomic mass is 16.5. The molecule has 88 valence electrons. The van der Waals surface area contributed by atoms with Gasteiger partial charge in [-0.2, -0.15) is 0 Å². The average molecular weight is 217 g/mol. The molecule has 6 nitrogen and oxygen atoms in total. The first-order chi connectivity index (χ1) is 6.82. The number of hydrogen-bond acceptors (Lipinski definition) is 4. The van der Waals surface area contributed by atoms with Crippen molar-refractivity contribution in [2.75, 3.05) is 20.7 Å². The number of likely N-dealkylation sites (N-methyl/N-ethyl adjacent to an activating group) is 1. The van der Waals surface area contributed by atoms with Gasteiger partial charge in [-0.25, -0.2) is 0 Å². The summed E-state index contributed by atoms with van der Waals surface area (Å²) in [4.78, 5) is 13.0. The van der Waals surface area contributed by atoms with E-state index in [0.717, 1.165) is 0 Å². The fourth-order valence-corrected chi connectivity index (χ4v) is 0.934. The van der Waals surface area contributed by atoms with Crippen LogP contribution in [0.2, 0.25) is 0 Å². The number of rotatable bonds is 5. The highest BCUT2D eigenvalue weighted by molar-refractivity contribution is 5.87. The Bertz CT molecular complexity index is 251. The quantitative estimate of drug-likeness (QED) is 0.294. The molecule has 0 aliphatic rings. The van der Waals surface area contributed by atoms with E-state index in [1.54, 1.807) is 14.2 Å². The van der Waals surface area contributed by atoms with Gasteiger partial charge in [-0.15, -0.1) is 0 Å². The molecule has 15 heavy (non-hydrogen) atoms. The number of ether oxygens (including phenoxy) is 1. The zero-order valence-electron chi connectivity index (χ0n) is 9.65. The lowest BCUT2D eigenvalue weighted by atomic mass is 10.0. The lowest BCUT2D eigenvalue weighted by Gasteiger charge is -2.25. The third-order valence-corrected chi connectivity index (χ3v) is 2.08. The van der Waals surface area contributed by atoms with Crippen molar-refractivity contribution in [2.24, 2.45) is 10.9 Å². The largest absolute Gasteiger partial charge is 0.409 e. The third-order valence-electron chi connectivity index (χ3n) is 2.08. The topological polar surface area (TPSA) is 88.2 Å². The summed E-state index contributed by atoms with van der Waals surface area (Å²) in [6.07, 6.45) is 0.249. The molecule has 0 saturated heterocycles. The molecule has 0 fully saturated rings. The maximum atomic E-state index is 11.6. The molecule has 0 spiro atoms. The average Bonchev–Trinajstić information content (AvgIpc) is 2.16. The van der Waals surface area contributed by atoms with Crippen molar-refractivity contribution < 1.29 is 14.7 Å². The second-order valence-electron chi connectivity index (χ2n) is 3.98. The molecular formula is C9H19N3O3. The number of oxime groups is 1. The highest BCUT2D eigenvalue weighted by Crippen LogP contribution is 2.13. The van der Waals surface area contributed by atoms with Crippen molar-refractivity contribution in [1.82, 2.24) is 4.90 Å². The first-order valence-corrected chi connectivity index (χ1v) is 4.58. The van der Waals surface area contributed by atoms with Crippen LogP contribution < -0.4 is 5.73 Å². The van der Waals surface area contributed by atoms with E-state index in [-0.39, 0.29) is 24.7 Å². The second-order valence-corrected chi connectivity index (χ2v) is 3.98. The summed E-state index contributed by atoms with van der Waals surface area (Å²) in [6.45, 7) is 3.75. The van der Waals surface area contributed by atoms with E-state index in [1.165, 1.54) is 4.90 Å². The Morgan fingerprint density at radius 2 is 2.13 bits per heavy atom. The standard InChI is InChI=1S/C9H19N3O3/c1-9(2,15-4)5-8(13)12(3)6-7(10)11-14/h14H,5-6H2,1-4H3,(H2,10,11). The van der Waals surface area contributed by atoms with E-state index in [9.17, 15) is 4.79 Å². The van der Waals surface area contributed by atoms with Gasteiger partial charge in [0.1, 0.15) is 0 Å². The summed E-state index contributed by atoms with van der Waals surface area (Å²) < 4.78 is 5.13. The number of nitrogens with zero attached hydrogens (tertiary/aromatic N) is 2. The van der Waals surface area contributed by atoms with E-state index >= 15 is 0 Å². The molecule has 0 saturated carbocycles. The van der Waals surface area contributed by atoms with E-state index in [4.69, 9.17) is 15.7 Å². The maximum absolute atomic E-state index is 11.6. The fraction of sp³-hybridized carbons (Fsp3) is 0.778.